The van der Waals surface area contributed by atoms with E-state index in [1.807, 2.05) is 88.4 Å². The molecule has 2 aliphatic heterocycles. The Kier molecular flexibility index (Phi) is 6.86. The molecule has 2 N–H and O–H groups in total. The second-order valence-corrected chi connectivity index (χ2v) is 12.4. The third-order valence-corrected chi connectivity index (χ3v) is 8.97. The molecular formula is C25H32N3O6P. The van der Waals surface area contributed by atoms with E-state index in [0.29, 0.717) is 0 Å². The first kappa shape index (κ1) is 25.1. The minimum atomic E-state index is -4.85. The van der Waals surface area contributed by atoms with Gasteiger partial charge in [-0.25, -0.2) is 0 Å². The Balaban J connectivity index is 1.68. The first-order chi connectivity index (χ1) is 16.6. The number of nitrogens with zero attached hydrogens (tertiary/aromatic N) is 1. The number of nitrogens with one attached hydrogen (secondary N) is 2. The van der Waals surface area contributed by atoms with Crippen molar-refractivity contribution in [3.05, 3.63) is 71.8 Å². The molecule has 35 heavy (non-hydrogen) atoms. The van der Waals surface area contributed by atoms with Crippen molar-refractivity contribution in [2.45, 2.75) is 52.9 Å². The summed E-state index contributed by atoms with van der Waals surface area (Å²) in [6.45, 7) is 7.79. The number of carbonyl (C=O) groups is 3. The van der Waals surface area contributed by atoms with Crippen LogP contribution in [0.4, 0.5) is 4.79 Å². The van der Waals surface area contributed by atoms with Crippen LogP contribution in [0.3, 0.4) is 0 Å². The quantitative estimate of drug-likeness (QED) is 0.541. The fourth-order valence-corrected chi connectivity index (χ4v) is 7.66. The predicted molar refractivity (Wildman–Crippen MR) is 131 cm³/mol. The van der Waals surface area contributed by atoms with Gasteiger partial charge in [0.05, 0.1) is 0 Å². The van der Waals surface area contributed by atoms with Gasteiger partial charge in [0.1, 0.15) is 0 Å². The Morgan fingerprint density at radius 3 is 1.57 bits per heavy atom. The van der Waals surface area contributed by atoms with Gasteiger partial charge in [0.15, 0.2) is 0 Å². The zero-order valence-electron chi connectivity index (χ0n) is 20.3. The van der Waals surface area contributed by atoms with Crippen LogP contribution in [0, 0.1) is 11.8 Å². The monoisotopic (exact) mass is 501 g/mol. The third kappa shape index (κ3) is 5.17. The van der Waals surface area contributed by atoms with Crippen molar-refractivity contribution in [2.75, 3.05) is 0 Å². The summed E-state index contributed by atoms with van der Waals surface area (Å²) in [4.78, 5) is 40.8. The third-order valence-electron chi connectivity index (χ3n) is 6.01. The molecule has 9 nitrogen and oxygen atoms in total. The summed E-state index contributed by atoms with van der Waals surface area (Å²) < 4.78 is 17.4. The molecule has 10 heteroatoms. The summed E-state index contributed by atoms with van der Waals surface area (Å²) in [5.41, 5.74) is 1.78. The fraction of sp³-hybridized carbons (Fsp3) is 0.400. The van der Waals surface area contributed by atoms with Crippen molar-refractivity contribution in [1.29, 1.82) is 0 Å². The average Bonchev–Trinajstić information content (AvgIpc) is 3.27. The number of benzene rings is 2. The molecule has 2 atom stereocenters. The maximum atomic E-state index is 13.7. The van der Waals surface area contributed by atoms with E-state index >= 15 is 0 Å². The summed E-state index contributed by atoms with van der Waals surface area (Å²) in [5, 5.41) is 5.99. The number of amides is 1. The van der Waals surface area contributed by atoms with Gasteiger partial charge in [0.25, 0.3) is 0 Å². The Morgan fingerprint density at radius 1 is 0.829 bits per heavy atom. The number of carbonyl (C=O) groups excluding carboxylic acids is 3. The summed E-state index contributed by atoms with van der Waals surface area (Å²) >= 11 is 0. The molecule has 0 aromatic heterocycles. The molecule has 1 spiro atoms. The molecule has 2 aliphatic rings. The molecule has 2 saturated heterocycles. The van der Waals surface area contributed by atoms with Gasteiger partial charge >= 0.3 is 205 Å². The summed E-state index contributed by atoms with van der Waals surface area (Å²) in [5.74, 6) is -1.64. The molecule has 2 heterocycles. The van der Waals surface area contributed by atoms with E-state index in [1.54, 1.807) is 0 Å². The van der Waals surface area contributed by atoms with Crippen LogP contribution in [-0.2, 0) is 36.2 Å². The van der Waals surface area contributed by atoms with Gasteiger partial charge in [-0.15, -0.1) is 0 Å². The van der Waals surface area contributed by atoms with Crippen LogP contribution >= 0.6 is 7.59 Å². The van der Waals surface area contributed by atoms with Gasteiger partial charge < -0.3 is 0 Å². The van der Waals surface area contributed by atoms with E-state index in [9.17, 15) is 14.4 Å². The normalized spacial score (nSPS) is 23.5. The second-order valence-electron chi connectivity index (χ2n) is 9.59. The van der Waals surface area contributed by atoms with E-state index in [2.05, 4.69) is 10.2 Å². The minimum absolute atomic E-state index is 0.189. The number of hydrogen-bond acceptors (Lipinski definition) is 8. The Morgan fingerprint density at radius 2 is 1.23 bits per heavy atom. The first-order valence-electron chi connectivity index (χ1n) is 11.7. The molecule has 0 aliphatic carbocycles. The number of rotatable bonds is 7. The van der Waals surface area contributed by atoms with Crippen molar-refractivity contribution >= 4 is 25.6 Å². The molecule has 2 aromatic rings. The summed E-state index contributed by atoms with van der Waals surface area (Å²) in [6.07, 6.45) is -0.773. The molecule has 0 radical (unpaired) electrons. The van der Waals surface area contributed by atoms with Crippen LogP contribution in [0.5, 0.6) is 0 Å². The molecule has 1 amide bonds. The maximum absolute atomic E-state index is 13.7. The fourth-order valence-electron chi connectivity index (χ4n) is 4.11. The van der Waals surface area contributed by atoms with E-state index in [1.165, 1.54) is 4.90 Å². The van der Waals surface area contributed by atoms with Crippen LogP contribution in [0.15, 0.2) is 60.7 Å². The second kappa shape index (κ2) is 9.57. The first-order valence-corrected chi connectivity index (χ1v) is 13.7. The van der Waals surface area contributed by atoms with Gasteiger partial charge in [0, 0.05) is 0 Å². The van der Waals surface area contributed by atoms with Gasteiger partial charge in [-0.05, 0) is 0 Å². The summed E-state index contributed by atoms with van der Waals surface area (Å²) in [7, 11) is -4.85. The van der Waals surface area contributed by atoms with Gasteiger partial charge in [0.2, 0.25) is 0 Å². The molecule has 0 saturated carbocycles. The van der Waals surface area contributed by atoms with Crippen molar-refractivity contribution < 1.29 is 28.0 Å². The van der Waals surface area contributed by atoms with Crippen LogP contribution in [0.2, 0.25) is 0 Å². The molecular weight excluding hydrogens is 469 g/mol. The molecule has 0 unspecified atom stereocenters. The van der Waals surface area contributed by atoms with Crippen LogP contribution in [0.25, 0.3) is 0 Å². The van der Waals surface area contributed by atoms with E-state index in [0.717, 1.165) is 11.1 Å². The molecule has 0 bridgehead atoms. The molecule has 2 aromatic carbocycles. The summed E-state index contributed by atoms with van der Waals surface area (Å²) in [6, 6.07) is 17.3. The molecule has 4 rings (SSSR count). The van der Waals surface area contributed by atoms with Crippen molar-refractivity contribution in [3.63, 3.8) is 0 Å². The van der Waals surface area contributed by atoms with Gasteiger partial charge in [-0.3, -0.25) is 0 Å². The van der Waals surface area contributed by atoms with E-state index in [-0.39, 0.29) is 24.9 Å². The Bertz CT molecular complexity index is 1020. The molecule has 188 valence electrons. The predicted octanol–water partition coefficient (Wildman–Crippen LogP) is 4.30. The van der Waals surface area contributed by atoms with Crippen molar-refractivity contribution in [3.8, 4) is 0 Å². The molecule has 2 fully saturated rings. The average molecular weight is 502 g/mol. The van der Waals surface area contributed by atoms with Gasteiger partial charge in [-0.2, -0.15) is 0 Å². The zero-order chi connectivity index (χ0) is 25.2. The number of hydrogen-bond donors (Lipinski definition) is 2. The van der Waals surface area contributed by atoms with Crippen LogP contribution in [0.1, 0.15) is 38.8 Å². The van der Waals surface area contributed by atoms with Crippen molar-refractivity contribution in [2.24, 2.45) is 11.8 Å². The van der Waals surface area contributed by atoms with E-state index in [4.69, 9.17) is 13.6 Å². The standard InChI is InChI=1S/C25H32N3O6P/c1-17(2)21-23(29)32-35(26-21,27-22(18(3)4)24(30)33-35)34-25(31)28(15-19-11-7-5-8-12-19)16-20-13-9-6-10-14-20/h5-14,17-18,21-22,26-27H,15-16H2,1-4H3/t21-,22-/m0/s1. The topological polar surface area (TPSA) is 106 Å². The zero-order valence-corrected chi connectivity index (χ0v) is 21.2. The Hall–Kier alpha value is -3.00. The van der Waals surface area contributed by atoms with Crippen LogP contribution in [-0.4, -0.2) is 35.0 Å². The van der Waals surface area contributed by atoms with Gasteiger partial charge in [-0.1, -0.05) is 0 Å². The van der Waals surface area contributed by atoms with E-state index < -0.39 is 37.7 Å². The SMILES string of the molecule is CC(C)[C@@H]1NP2(OC(=O)N(Cc3ccccc3)Cc3ccccc3)(N[C@@H](C(C)C)C(=O)O2)OC1=O. The van der Waals surface area contributed by atoms with Crippen LogP contribution < -0.4 is 10.2 Å². The Labute approximate surface area is 205 Å². The van der Waals surface area contributed by atoms with Crippen molar-refractivity contribution in [1.82, 2.24) is 15.1 Å².